The molecule has 1 aromatic rings. The number of nitrogens with zero attached hydrogens (tertiary/aromatic N) is 2. The van der Waals surface area contributed by atoms with Gasteiger partial charge >= 0.3 is 11.7 Å². The molecule has 0 saturated carbocycles. The highest BCUT2D eigenvalue weighted by Crippen LogP contribution is 2.31. The van der Waals surface area contributed by atoms with Crippen molar-refractivity contribution in [2.45, 2.75) is 43.4 Å². The fourth-order valence-corrected chi connectivity index (χ4v) is 2.80. The second-order valence-electron chi connectivity index (χ2n) is 5.96. The van der Waals surface area contributed by atoms with Gasteiger partial charge in [-0.2, -0.15) is 0 Å². The molecule has 1 unspecified atom stereocenters. The van der Waals surface area contributed by atoms with Gasteiger partial charge in [-0.15, -0.1) is 0 Å². The number of hydrogen-bond donors (Lipinski definition) is 5. The van der Waals surface area contributed by atoms with E-state index in [1.54, 1.807) is 0 Å². The van der Waals surface area contributed by atoms with Crippen LogP contribution in [0.15, 0.2) is 15.8 Å². The van der Waals surface area contributed by atoms with Crippen LogP contribution in [0.3, 0.4) is 0 Å². The number of carbonyl (C=O) groups is 1. The number of carboxylic acid groups (broad SMARTS) is 1. The average molecular weight is 359 g/mol. The van der Waals surface area contributed by atoms with Gasteiger partial charge in [0, 0.05) is 13.2 Å². The lowest BCUT2D eigenvalue weighted by atomic mass is 10.0. The van der Waals surface area contributed by atoms with Crippen LogP contribution < -0.4 is 17.0 Å². The lowest BCUT2D eigenvalue weighted by Crippen LogP contribution is -2.61. The zero-order valence-electron chi connectivity index (χ0n) is 13.7. The molecule has 2 rings (SSSR count). The zero-order valence-corrected chi connectivity index (χ0v) is 13.7. The van der Waals surface area contributed by atoms with Gasteiger partial charge < -0.3 is 29.7 Å². The summed E-state index contributed by atoms with van der Waals surface area (Å²) in [5, 5.41) is 38.4. The van der Waals surface area contributed by atoms with E-state index in [1.807, 2.05) is 0 Å². The van der Waals surface area contributed by atoms with Gasteiger partial charge in [-0.1, -0.05) is 6.92 Å². The first-order valence-corrected chi connectivity index (χ1v) is 7.57. The Bertz CT molecular complexity index is 787. The third-order valence-corrected chi connectivity index (χ3v) is 4.43. The minimum absolute atomic E-state index is 0.253. The molecule has 0 spiro atoms. The van der Waals surface area contributed by atoms with E-state index in [2.05, 4.69) is 0 Å². The molecule has 1 fully saturated rings. The number of aliphatic carboxylic acids is 1. The van der Waals surface area contributed by atoms with Gasteiger partial charge in [-0.25, -0.2) is 14.2 Å². The van der Waals surface area contributed by atoms with Crippen molar-refractivity contribution in [3.05, 3.63) is 32.6 Å². The maximum atomic E-state index is 12.8. The van der Waals surface area contributed by atoms with Gasteiger partial charge in [0.05, 0.1) is 12.2 Å². The number of hydrogen-bond acceptors (Lipinski definition) is 8. The van der Waals surface area contributed by atoms with Crippen LogP contribution in [0.1, 0.15) is 25.0 Å². The third-order valence-electron chi connectivity index (χ3n) is 4.43. The molecule has 1 aromatic heterocycles. The summed E-state index contributed by atoms with van der Waals surface area (Å²) < 4.78 is 6.62. The van der Waals surface area contributed by atoms with Crippen LogP contribution in [0.25, 0.3) is 0 Å². The molecule has 11 nitrogen and oxygen atoms in total. The summed E-state index contributed by atoms with van der Waals surface area (Å²) in [6.45, 7) is 0.804. The van der Waals surface area contributed by atoms with Gasteiger partial charge in [-0.3, -0.25) is 10.5 Å². The van der Waals surface area contributed by atoms with Crippen molar-refractivity contribution in [3.63, 3.8) is 0 Å². The highest BCUT2D eigenvalue weighted by Gasteiger charge is 2.46. The first-order valence-electron chi connectivity index (χ1n) is 7.57. The number of aliphatic hydroxyl groups excluding tert-OH is 3. The summed E-state index contributed by atoms with van der Waals surface area (Å²) in [5.41, 5.74) is 1.22. The molecule has 140 valence electrons. The fraction of sp³-hybridized carbons (Fsp3) is 0.643. The average Bonchev–Trinajstić information content (AvgIpc) is 2.85. The highest BCUT2D eigenvalue weighted by atomic mass is 16.6. The summed E-state index contributed by atoms with van der Waals surface area (Å²) in [6.07, 6.45) is -4.65. The third kappa shape index (κ3) is 2.89. The standard InChI is InChI=1S/C14H21N3O8/c1-3-14(15,12(22)23)17-11(21)6(4-16(2)13(17)24)10-9(20)8(19)7(5-18)25-10/h4,7-10,18-20H,3,5,15H2,1-2H3,(H,22,23)/t7-,8-,9-,10+,14?/m1/s1. The second kappa shape index (κ2) is 6.69. The van der Waals surface area contributed by atoms with E-state index < -0.39 is 53.9 Å². The second-order valence-corrected chi connectivity index (χ2v) is 5.96. The number of ether oxygens (including phenoxy) is 1. The molecule has 0 aromatic carbocycles. The molecule has 5 atom stereocenters. The van der Waals surface area contributed by atoms with Crippen molar-refractivity contribution < 1.29 is 30.0 Å². The predicted octanol–water partition coefficient (Wildman–Crippen LogP) is -3.19. The summed E-state index contributed by atoms with van der Waals surface area (Å²) in [5.74, 6) is -1.58. The molecular formula is C14H21N3O8. The van der Waals surface area contributed by atoms with Gasteiger partial charge in [0.1, 0.15) is 24.4 Å². The van der Waals surface area contributed by atoms with Crippen LogP contribution in [0.4, 0.5) is 0 Å². The smallest absolute Gasteiger partial charge is 0.345 e. The van der Waals surface area contributed by atoms with E-state index in [0.29, 0.717) is 4.57 Å². The Morgan fingerprint density at radius 2 is 1.96 bits per heavy atom. The van der Waals surface area contributed by atoms with Gasteiger partial charge in [0.15, 0.2) is 5.66 Å². The van der Waals surface area contributed by atoms with Crippen molar-refractivity contribution in [1.82, 2.24) is 9.13 Å². The van der Waals surface area contributed by atoms with Gasteiger partial charge in [0.2, 0.25) is 0 Å². The molecular weight excluding hydrogens is 338 g/mol. The molecule has 0 aliphatic carbocycles. The van der Waals surface area contributed by atoms with Crippen LogP contribution in [-0.4, -0.2) is 60.4 Å². The molecule has 0 radical (unpaired) electrons. The van der Waals surface area contributed by atoms with Gasteiger partial charge in [0.25, 0.3) is 5.56 Å². The maximum absolute atomic E-state index is 12.8. The quantitative estimate of drug-likeness (QED) is 0.362. The van der Waals surface area contributed by atoms with E-state index in [0.717, 1.165) is 10.8 Å². The van der Waals surface area contributed by atoms with Crippen molar-refractivity contribution in [3.8, 4) is 0 Å². The predicted molar refractivity (Wildman–Crippen MR) is 82.7 cm³/mol. The normalized spacial score (nSPS) is 28.7. The molecule has 0 amide bonds. The van der Waals surface area contributed by atoms with E-state index in [-0.39, 0.29) is 12.0 Å². The van der Waals surface area contributed by atoms with E-state index in [4.69, 9.17) is 15.6 Å². The summed E-state index contributed by atoms with van der Waals surface area (Å²) in [4.78, 5) is 36.6. The summed E-state index contributed by atoms with van der Waals surface area (Å²) in [7, 11) is 1.28. The van der Waals surface area contributed by atoms with E-state index >= 15 is 0 Å². The first kappa shape index (κ1) is 19.3. The van der Waals surface area contributed by atoms with Gasteiger partial charge in [-0.05, 0) is 6.42 Å². The number of carboxylic acids is 1. The van der Waals surface area contributed by atoms with Crippen LogP contribution in [0, 0.1) is 0 Å². The molecule has 25 heavy (non-hydrogen) atoms. The molecule has 0 bridgehead atoms. The number of aryl methyl sites for hydroxylation is 1. The van der Waals surface area contributed by atoms with Crippen LogP contribution in [0.5, 0.6) is 0 Å². The SMILES string of the molecule is CCC(N)(C(=O)O)n1c(=O)c([C@@H]2O[C@H](CO)[C@@H](O)[C@H]2O)cn(C)c1=O. The number of aromatic nitrogens is 2. The van der Waals surface area contributed by atoms with Crippen molar-refractivity contribution in [1.29, 1.82) is 0 Å². The van der Waals surface area contributed by atoms with E-state index in [1.165, 1.54) is 14.0 Å². The Morgan fingerprint density at radius 1 is 1.36 bits per heavy atom. The zero-order chi connectivity index (χ0) is 19.1. The van der Waals surface area contributed by atoms with Crippen molar-refractivity contribution in [2.24, 2.45) is 12.8 Å². The topological polar surface area (TPSA) is 177 Å². The number of nitrogens with two attached hydrogens (primary N) is 1. The lowest BCUT2D eigenvalue weighted by Gasteiger charge is -2.27. The first-order chi connectivity index (χ1) is 11.6. The Hall–Kier alpha value is -2.05. The monoisotopic (exact) mass is 359 g/mol. The Morgan fingerprint density at radius 3 is 2.40 bits per heavy atom. The van der Waals surface area contributed by atoms with Crippen molar-refractivity contribution in [2.75, 3.05) is 6.61 Å². The number of rotatable bonds is 5. The summed E-state index contributed by atoms with van der Waals surface area (Å²) in [6, 6.07) is 0. The molecule has 2 heterocycles. The van der Waals surface area contributed by atoms with Crippen LogP contribution in [0.2, 0.25) is 0 Å². The Balaban J connectivity index is 2.70. The molecule has 6 N–H and O–H groups in total. The largest absolute Gasteiger partial charge is 0.478 e. The fourth-order valence-electron chi connectivity index (χ4n) is 2.80. The lowest BCUT2D eigenvalue weighted by molar-refractivity contribution is -0.148. The molecule has 1 aliphatic rings. The Kier molecular flexibility index (Phi) is 5.16. The van der Waals surface area contributed by atoms with Crippen LogP contribution in [-0.2, 0) is 22.2 Å². The minimum atomic E-state index is -2.29. The molecule has 1 saturated heterocycles. The maximum Gasteiger partial charge on any atom is 0.345 e. The van der Waals surface area contributed by atoms with E-state index in [9.17, 15) is 29.7 Å². The summed E-state index contributed by atoms with van der Waals surface area (Å²) >= 11 is 0. The molecule has 11 heteroatoms. The van der Waals surface area contributed by atoms with Crippen LogP contribution >= 0.6 is 0 Å². The highest BCUT2D eigenvalue weighted by molar-refractivity contribution is 5.75. The molecule has 1 aliphatic heterocycles. The minimum Gasteiger partial charge on any atom is -0.478 e. The number of aliphatic hydroxyl groups is 3. The Labute approximate surface area is 141 Å². The van der Waals surface area contributed by atoms with Crippen molar-refractivity contribution >= 4 is 5.97 Å².